The van der Waals surface area contributed by atoms with Crippen LogP contribution in [0.4, 0.5) is 0 Å². The number of hydrogen-bond donors (Lipinski definition) is 0. The number of benzene rings is 2. The van der Waals surface area contributed by atoms with Crippen LogP contribution in [0.5, 0.6) is 11.5 Å². The molecule has 2 aromatic carbocycles. The van der Waals surface area contributed by atoms with E-state index in [1.54, 1.807) is 7.11 Å². The maximum Gasteiger partial charge on any atom is 0.123 e. The fourth-order valence-corrected chi connectivity index (χ4v) is 3.10. The summed E-state index contributed by atoms with van der Waals surface area (Å²) in [7, 11) is 3.86. The Kier molecular flexibility index (Phi) is 4.64. The minimum atomic E-state index is 0.200. The third kappa shape index (κ3) is 3.42. The van der Waals surface area contributed by atoms with Gasteiger partial charge in [-0.05, 0) is 31.2 Å². The van der Waals surface area contributed by atoms with Crippen molar-refractivity contribution in [1.82, 2.24) is 4.90 Å². The molecule has 1 aliphatic heterocycles. The van der Waals surface area contributed by atoms with Crippen molar-refractivity contribution in [3.8, 4) is 11.5 Å². The predicted octanol–water partition coefficient (Wildman–Crippen LogP) is 3.56. The molecule has 3 rings (SSSR count). The van der Waals surface area contributed by atoms with Crippen molar-refractivity contribution in [1.29, 1.82) is 0 Å². The second-order valence-electron chi connectivity index (χ2n) is 5.90. The molecule has 0 spiro atoms. The van der Waals surface area contributed by atoms with Crippen LogP contribution < -0.4 is 9.47 Å². The van der Waals surface area contributed by atoms with Crippen LogP contribution >= 0.6 is 0 Å². The van der Waals surface area contributed by atoms with Crippen molar-refractivity contribution in [2.45, 2.75) is 18.4 Å². The van der Waals surface area contributed by atoms with Crippen LogP contribution in [0.1, 0.15) is 17.9 Å². The average molecular weight is 297 g/mol. The number of piperidine rings is 1. The molecule has 0 N–H and O–H groups in total. The second-order valence-corrected chi connectivity index (χ2v) is 5.90. The predicted molar refractivity (Wildman–Crippen MR) is 88.7 cm³/mol. The minimum Gasteiger partial charge on any atom is -0.497 e. The van der Waals surface area contributed by atoms with E-state index in [4.69, 9.17) is 9.47 Å². The van der Waals surface area contributed by atoms with Crippen LogP contribution in [-0.2, 0) is 0 Å². The van der Waals surface area contributed by atoms with Gasteiger partial charge in [-0.2, -0.15) is 0 Å². The van der Waals surface area contributed by atoms with Gasteiger partial charge in [-0.25, -0.2) is 0 Å². The largest absolute Gasteiger partial charge is 0.497 e. The zero-order valence-electron chi connectivity index (χ0n) is 13.2. The molecular formula is C19H23NO2. The smallest absolute Gasteiger partial charge is 0.123 e. The van der Waals surface area contributed by atoms with Crippen molar-refractivity contribution in [2.75, 3.05) is 27.2 Å². The van der Waals surface area contributed by atoms with Gasteiger partial charge in [0.15, 0.2) is 0 Å². The molecule has 0 radical (unpaired) electrons. The lowest BCUT2D eigenvalue weighted by atomic mass is 9.88. The Morgan fingerprint density at radius 2 is 1.77 bits per heavy atom. The van der Waals surface area contributed by atoms with Gasteiger partial charge in [0, 0.05) is 25.1 Å². The van der Waals surface area contributed by atoms with Gasteiger partial charge in [-0.15, -0.1) is 0 Å². The minimum absolute atomic E-state index is 0.200. The molecule has 3 heteroatoms. The number of ether oxygens (including phenoxy) is 2. The molecule has 0 amide bonds. The molecule has 116 valence electrons. The Morgan fingerprint density at radius 3 is 2.55 bits per heavy atom. The van der Waals surface area contributed by atoms with Gasteiger partial charge in [0.25, 0.3) is 0 Å². The van der Waals surface area contributed by atoms with E-state index in [1.165, 1.54) is 5.56 Å². The fraction of sp³-hybridized carbons (Fsp3) is 0.368. The molecule has 2 aromatic rings. The first-order valence-electron chi connectivity index (χ1n) is 7.80. The molecule has 2 atom stereocenters. The highest BCUT2D eigenvalue weighted by atomic mass is 16.5. The highest BCUT2D eigenvalue weighted by molar-refractivity contribution is 5.33. The maximum atomic E-state index is 6.31. The fourth-order valence-electron chi connectivity index (χ4n) is 3.10. The van der Waals surface area contributed by atoms with E-state index in [0.29, 0.717) is 5.92 Å². The third-order valence-corrected chi connectivity index (χ3v) is 4.31. The third-order valence-electron chi connectivity index (χ3n) is 4.31. The van der Waals surface area contributed by atoms with E-state index < -0.39 is 0 Å². The molecule has 0 aliphatic carbocycles. The summed E-state index contributed by atoms with van der Waals surface area (Å²) in [4.78, 5) is 2.38. The van der Waals surface area contributed by atoms with E-state index in [-0.39, 0.29) is 6.10 Å². The number of hydrogen-bond acceptors (Lipinski definition) is 3. The summed E-state index contributed by atoms with van der Waals surface area (Å²) >= 11 is 0. The quantitative estimate of drug-likeness (QED) is 0.861. The number of likely N-dealkylation sites (N-methyl/N-ethyl adjacent to an activating group) is 1. The van der Waals surface area contributed by atoms with E-state index in [2.05, 4.69) is 42.3 Å². The summed E-state index contributed by atoms with van der Waals surface area (Å²) in [5.41, 5.74) is 1.35. The lowest BCUT2D eigenvalue weighted by molar-refractivity contribution is 0.0900. The first-order valence-corrected chi connectivity index (χ1v) is 7.80. The summed E-state index contributed by atoms with van der Waals surface area (Å²) in [6, 6.07) is 18.5. The van der Waals surface area contributed by atoms with E-state index in [9.17, 15) is 0 Å². The van der Waals surface area contributed by atoms with Crippen LogP contribution in [-0.4, -0.2) is 38.3 Å². The molecule has 3 nitrogen and oxygen atoms in total. The molecule has 1 saturated heterocycles. The van der Waals surface area contributed by atoms with Crippen LogP contribution in [0, 0.1) is 0 Å². The first-order chi connectivity index (χ1) is 10.8. The van der Waals surface area contributed by atoms with E-state index >= 15 is 0 Å². The van der Waals surface area contributed by atoms with Crippen LogP contribution in [0.25, 0.3) is 0 Å². The summed E-state index contributed by atoms with van der Waals surface area (Å²) in [5, 5.41) is 0. The Bertz CT molecular complexity index is 599. The lowest BCUT2D eigenvalue weighted by Crippen LogP contribution is -2.42. The van der Waals surface area contributed by atoms with Crippen molar-refractivity contribution in [2.24, 2.45) is 0 Å². The van der Waals surface area contributed by atoms with E-state index in [0.717, 1.165) is 31.0 Å². The van der Waals surface area contributed by atoms with Gasteiger partial charge in [-0.1, -0.05) is 36.4 Å². The maximum absolute atomic E-state index is 6.31. The summed E-state index contributed by atoms with van der Waals surface area (Å²) in [6.45, 7) is 2.09. The molecule has 1 aliphatic rings. The summed E-state index contributed by atoms with van der Waals surface area (Å²) in [5.74, 6) is 2.11. The number of likely N-dealkylation sites (tertiary alicyclic amines) is 1. The number of nitrogens with zero attached hydrogens (tertiary/aromatic N) is 1. The standard InChI is InChI=1S/C19H23NO2/c1-20-12-11-19(18(14-20)15-7-4-3-5-8-15)22-17-10-6-9-16(13-17)21-2/h3-10,13,18-19H,11-12,14H2,1-2H3/t18-,19+/m0/s1. The topological polar surface area (TPSA) is 21.7 Å². The molecular weight excluding hydrogens is 274 g/mol. The monoisotopic (exact) mass is 297 g/mol. The number of rotatable bonds is 4. The van der Waals surface area contributed by atoms with Gasteiger partial charge in [0.1, 0.15) is 17.6 Å². The van der Waals surface area contributed by atoms with Gasteiger partial charge < -0.3 is 14.4 Å². The average Bonchev–Trinajstić information content (AvgIpc) is 2.57. The normalized spacial score (nSPS) is 22.3. The van der Waals surface area contributed by atoms with Gasteiger partial charge in [-0.3, -0.25) is 0 Å². The van der Waals surface area contributed by atoms with Crippen LogP contribution in [0.3, 0.4) is 0 Å². The Balaban J connectivity index is 1.80. The molecule has 22 heavy (non-hydrogen) atoms. The van der Waals surface area contributed by atoms with Gasteiger partial charge >= 0.3 is 0 Å². The summed E-state index contributed by atoms with van der Waals surface area (Å²) < 4.78 is 11.6. The van der Waals surface area contributed by atoms with E-state index in [1.807, 2.05) is 24.3 Å². The Morgan fingerprint density at radius 1 is 1.00 bits per heavy atom. The zero-order chi connectivity index (χ0) is 15.4. The highest BCUT2D eigenvalue weighted by Crippen LogP contribution is 2.31. The van der Waals surface area contributed by atoms with Gasteiger partial charge in [0.05, 0.1) is 7.11 Å². The van der Waals surface area contributed by atoms with Crippen molar-refractivity contribution in [3.63, 3.8) is 0 Å². The Labute approximate surface area is 132 Å². The lowest BCUT2D eigenvalue weighted by Gasteiger charge is -2.37. The molecule has 0 unspecified atom stereocenters. The molecule has 1 heterocycles. The molecule has 1 fully saturated rings. The first kappa shape index (κ1) is 14.9. The van der Waals surface area contributed by atoms with Crippen molar-refractivity contribution < 1.29 is 9.47 Å². The van der Waals surface area contributed by atoms with Crippen molar-refractivity contribution >= 4 is 0 Å². The second kappa shape index (κ2) is 6.84. The Hall–Kier alpha value is -2.00. The summed E-state index contributed by atoms with van der Waals surface area (Å²) in [6.07, 6.45) is 1.23. The molecule has 0 bridgehead atoms. The molecule has 0 saturated carbocycles. The molecule has 0 aromatic heterocycles. The van der Waals surface area contributed by atoms with Gasteiger partial charge in [0.2, 0.25) is 0 Å². The zero-order valence-corrected chi connectivity index (χ0v) is 13.2. The van der Waals surface area contributed by atoms with Crippen LogP contribution in [0.15, 0.2) is 54.6 Å². The SMILES string of the molecule is COc1cccc(O[C@@H]2CCN(C)C[C@H]2c2ccccc2)c1. The van der Waals surface area contributed by atoms with Crippen molar-refractivity contribution in [3.05, 3.63) is 60.2 Å². The number of methoxy groups -OCH3 is 1. The highest BCUT2D eigenvalue weighted by Gasteiger charge is 2.30. The van der Waals surface area contributed by atoms with Crippen LogP contribution in [0.2, 0.25) is 0 Å².